The van der Waals surface area contributed by atoms with Crippen molar-refractivity contribution >= 4 is 11.0 Å². The molecule has 0 amide bonds. The highest BCUT2D eigenvalue weighted by atomic mass is 16.3. The molecule has 3 rings (SSSR count). The number of rotatable bonds is 1. The predicted molar refractivity (Wildman–Crippen MR) is 70.0 cm³/mol. The Labute approximate surface area is 112 Å². The first-order chi connectivity index (χ1) is 9.47. The van der Waals surface area contributed by atoms with Crippen molar-refractivity contribution in [2.24, 2.45) is 0 Å². The van der Waals surface area contributed by atoms with Crippen LogP contribution in [0.15, 0.2) is 34.7 Å². The van der Waals surface area contributed by atoms with Crippen LogP contribution in [0.3, 0.4) is 0 Å². The van der Waals surface area contributed by atoms with E-state index in [4.69, 9.17) is 4.42 Å². The first-order valence-corrected chi connectivity index (χ1v) is 5.67. The summed E-state index contributed by atoms with van der Waals surface area (Å²) in [6, 6.07) is 6.68. The van der Waals surface area contributed by atoms with Gasteiger partial charge in [0.15, 0.2) is 23.0 Å². The molecule has 6 nitrogen and oxygen atoms in total. The number of fused-ring (bicyclic) bond motifs is 1. The molecule has 2 aromatic carbocycles. The Morgan fingerprint density at radius 2 is 1.40 bits per heavy atom. The second-order valence-corrected chi connectivity index (χ2v) is 4.32. The summed E-state index contributed by atoms with van der Waals surface area (Å²) in [5.41, 5.74) is 0.484. The van der Waals surface area contributed by atoms with Gasteiger partial charge in [0.1, 0.15) is 11.3 Å². The van der Waals surface area contributed by atoms with Crippen molar-refractivity contribution in [2.45, 2.75) is 0 Å². The van der Waals surface area contributed by atoms with E-state index in [9.17, 15) is 25.5 Å². The molecule has 0 aliphatic rings. The zero-order chi connectivity index (χ0) is 14.4. The Bertz CT molecular complexity index is 779. The standard InChI is InChI=1S/C14H10O6/c15-8-2-1-7(13(18)14(8)19)12-4-6-3-9(16)10(17)5-11(6)20-12/h1-5,15-19H. The summed E-state index contributed by atoms with van der Waals surface area (Å²) in [7, 11) is 0. The Balaban J connectivity index is 2.23. The minimum absolute atomic E-state index is 0.176. The van der Waals surface area contributed by atoms with Gasteiger partial charge in [0, 0.05) is 11.5 Å². The molecular formula is C14H10O6. The maximum absolute atomic E-state index is 9.80. The summed E-state index contributed by atoms with van der Waals surface area (Å²) in [5.74, 6) is -2.00. The van der Waals surface area contributed by atoms with Crippen LogP contribution < -0.4 is 0 Å². The first kappa shape index (κ1) is 12.0. The molecule has 1 aromatic heterocycles. The SMILES string of the molecule is Oc1cc2cc(-c3ccc(O)c(O)c3O)oc2cc1O. The van der Waals surface area contributed by atoms with Crippen LogP contribution in [0.5, 0.6) is 28.7 Å². The number of aromatic hydroxyl groups is 5. The second-order valence-electron chi connectivity index (χ2n) is 4.32. The smallest absolute Gasteiger partial charge is 0.201 e. The molecule has 0 saturated carbocycles. The van der Waals surface area contributed by atoms with Gasteiger partial charge in [0.05, 0.1) is 5.56 Å². The van der Waals surface area contributed by atoms with Gasteiger partial charge in [-0.1, -0.05) is 0 Å². The molecule has 3 aromatic rings. The van der Waals surface area contributed by atoms with Gasteiger partial charge in [0.25, 0.3) is 0 Å². The lowest BCUT2D eigenvalue weighted by Gasteiger charge is -2.04. The van der Waals surface area contributed by atoms with E-state index in [2.05, 4.69) is 0 Å². The van der Waals surface area contributed by atoms with E-state index in [1.807, 2.05) is 0 Å². The summed E-state index contributed by atoms with van der Waals surface area (Å²) in [5, 5.41) is 47.9. The van der Waals surface area contributed by atoms with Crippen LogP contribution >= 0.6 is 0 Å². The fraction of sp³-hybridized carbons (Fsp3) is 0. The van der Waals surface area contributed by atoms with E-state index in [0.717, 1.165) is 0 Å². The molecule has 0 saturated heterocycles. The van der Waals surface area contributed by atoms with Gasteiger partial charge >= 0.3 is 0 Å². The molecule has 20 heavy (non-hydrogen) atoms. The summed E-state index contributed by atoms with van der Waals surface area (Å²) in [6.07, 6.45) is 0. The van der Waals surface area contributed by atoms with Crippen LogP contribution in [-0.2, 0) is 0 Å². The maximum atomic E-state index is 9.80. The van der Waals surface area contributed by atoms with Gasteiger partial charge in [-0.05, 0) is 24.3 Å². The van der Waals surface area contributed by atoms with Gasteiger partial charge in [-0.3, -0.25) is 0 Å². The third kappa shape index (κ3) is 1.66. The van der Waals surface area contributed by atoms with Crippen LogP contribution in [0.4, 0.5) is 0 Å². The highest BCUT2D eigenvalue weighted by Crippen LogP contribution is 2.44. The largest absolute Gasteiger partial charge is 0.504 e. The molecule has 0 atom stereocenters. The maximum Gasteiger partial charge on any atom is 0.201 e. The average molecular weight is 274 g/mol. The van der Waals surface area contributed by atoms with Crippen LogP contribution in [-0.4, -0.2) is 25.5 Å². The fourth-order valence-corrected chi connectivity index (χ4v) is 1.96. The predicted octanol–water partition coefficient (Wildman–Crippen LogP) is 2.63. The van der Waals surface area contributed by atoms with Gasteiger partial charge in [0.2, 0.25) is 5.75 Å². The van der Waals surface area contributed by atoms with Crippen molar-refractivity contribution in [1.29, 1.82) is 0 Å². The summed E-state index contributed by atoms with van der Waals surface area (Å²) < 4.78 is 5.44. The molecule has 0 unspecified atom stereocenters. The van der Waals surface area contributed by atoms with Crippen molar-refractivity contribution in [1.82, 2.24) is 0 Å². The van der Waals surface area contributed by atoms with Gasteiger partial charge in [-0.15, -0.1) is 0 Å². The Morgan fingerprint density at radius 3 is 2.15 bits per heavy atom. The number of hydrogen-bond acceptors (Lipinski definition) is 6. The van der Waals surface area contributed by atoms with Gasteiger partial charge in [-0.2, -0.15) is 0 Å². The van der Waals surface area contributed by atoms with E-state index in [0.29, 0.717) is 11.0 Å². The van der Waals surface area contributed by atoms with E-state index in [1.165, 1.54) is 30.3 Å². The third-order valence-corrected chi connectivity index (χ3v) is 3.01. The van der Waals surface area contributed by atoms with E-state index >= 15 is 0 Å². The van der Waals surface area contributed by atoms with E-state index in [1.54, 1.807) is 0 Å². The molecular weight excluding hydrogens is 264 g/mol. The zero-order valence-electron chi connectivity index (χ0n) is 10.0. The highest BCUT2D eigenvalue weighted by Gasteiger charge is 2.16. The Kier molecular flexibility index (Phi) is 2.40. The Hall–Kier alpha value is -3.02. The van der Waals surface area contributed by atoms with Crippen molar-refractivity contribution in [3.63, 3.8) is 0 Å². The molecule has 5 N–H and O–H groups in total. The molecule has 0 aliphatic carbocycles. The number of benzene rings is 2. The topological polar surface area (TPSA) is 114 Å². The lowest BCUT2D eigenvalue weighted by atomic mass is 10.1. The molecule has 102 valence electrons. The van der Waals surface area contributed by atoms with Crippen LogP contribution in [0.2, 0.25) is 0 Å². The van der Waals surface area contributed by atoms with Crippen molar-refractivity contribution in [3.05, 3.63) is 30.3 Å². The second kappa shape index (κ2) is 3.99. The third-order valence-electron chi connectivity index (χ3n) is 3.01. The number of phenols is 5. The fourth-order valence-electron chi connectivity index (χ4n) is 1.96. The molecule has 0 fully saturated rings. The monoisotopic (exact) mass is 274 g/mol. The van der Waals surface area contributed by atoms with Crippen LogP contribution in [0, 0.1) is 0 Å². The number of hydrogen-bond donors (Lipinski definition) is 5. The highest BCUT2D eigenvalue weighted by molar-refractivity contribution is 5.87. The first-order valence-electron chi connectivity index (χ1n) is 5.67. The normalized spacial score (nSPS) is 11.0. The van der Waals surface area contributed by atoms with Gasteiger partial charge < -0.3 is 29.9 Å². The molecule has 0 aliphatic heterocycles. The van der Waals surface area contributed by atoms with Gasteiger partial charge in [-0.25, -0.2) is 0 Å². The lowest BCUT2D eigenvalue weighted by Crippen LogP contribution is -1.77. The van der Waals surface area contributed by atoms with E-state index in [-0.39, 0.29) is 22.8 Å². The van der Waals surface area contributed by atoms with Crippen molar-refractivity contribution in [2.75, 3.05) is 0 Å². The van der Waals surface area contributed by atoms with Crippen LogP contribution in [0.25, 0.3) is 22.3 Å². The Morgan fingerprint density at radius 1 is 0.700 bits per heavy atom. The van der Waals surface area contributed by atoms with Crippen molar-refractivity contribution < 1.29 is 29.9 Å². The molecule has 6 heteroatoms. The summed E-state index contributed by atoms with van der Waals surface area (Å²) in [6.45, 7) is 0. The number of phenolic OH excluding ortho intramolecular Hbond substituents is 5. The molecule has 0 bridgehead atoms. The molecule has 0 radical (unpaired) electrons. The quantitative estimate of drug-likeness (QED) is 0.436. The molecule has 0 spiro atoms. The minimum atomic E-state index is -0.645. The van der Waals surface area contributed by atoms with Crippen molar-refractivity contribution in [3.8, 4) is 40.1 Å². The van der Waals surface area contributed by atoms with E-state index < -0.39 is 17.2 Å². The van der Waals surface area contributed by atoms with Crippen LogP contribution in [0.1, 0.15) is 0 Å². The molecule has 1 heterocycles. The summed E-state index contributed by atoms with van der Waals surface area (Å²) in [4.78, 5) is 0. The summed E-state index contributed by atoms with van der Waals surface area (Å²) >= 11 is 0. The zero-order valence-corrected chi connectivity index (χ0v) is 10.0. The average Bonchev–Trinajstić information content (AvgIpc) is 2.79. The lowest BCUT2D eigenvalue weighted by molar-refractivity contribution is 0.368. The number of furan rings is 1. The minimum Gasteiger partial charge on any atom is -0.504 e.